The first kappa shape index (κ1) is 26.9. The van der Waals surface area contributed by atoms with Crippen LogP contribution in [-0.4, -0.2) is 15.6 Å². The maximum atomic E-state index is 14.0. The molecule has 1 aliphatic heterocycles. The molecule has 7 rings (SSSR count). The summed E-state index contributed by atoms with van der Waals surface area (Å²) in [5.41, 5.74) is 6.92. The molecular weight excluding hydrogens is 537 g/mol. The number of aromatic nitrogens is 2. The smallest absolute Gasteiger partial charge is 0.162 e. The number of Topliss-reactive ketones (excluding diaryl/α,β-unsaturated/α-hetero) is 1. The van der Waals surface area contributed by atoms with Crippen LogP contribution in [-0.2, 0) is 11.4 Å². The van der Waals surface area contributed by atoms with E-state index in [1.807, 2.05) is 83.5 Å². The Labute approximate surface area is 250 Å². The van der Waals surface area contributed by atoms with Crippen molar-refractivity contribution in [1.29, 1.82) is 0 Å². The lowest BCUT2D eigenvalue weighted by molar-refractivity contribution is -0.118. The molecule has 1 aromatic heterocycles. The van der Waals surface area contributed by atoms with Crippen molar-refractivity contribution in [3.05, 3.63) is 143 Å². The summed E-state index contributed by atoms with van der Waals surface area (Å²) in [5.74, 6) is 0.989. The summed E-state index contributed by atoms with van der Waals surface area (Å²) < 4.78 is 22.0. The number of rotatable bonds is 6. The fraction of sp³-hybridized carbons (Fsp3) is 0.189. The van der Waals surface area contributed by atoms with E-state index in [9.17, 15) is 9.18 Å². The minimum absolute atomic E-state index is 0.138. The van der Waals surface area contributed by atoms with Gasteiger partial charge in [-0.1, -0.05) is 86.6 Å². The molecule has 4 aromatic carbocycles. The van der Waals surface area contributed by atoms with E-state index in [4.69, 9.17) is 9.84 Å². The fourth-order valence-corrected chi connectivity index (χ4v) is 6.33. The third-order valence-corrected chi connectivity index (χ3v) is 8.25. The fourth-order valence-electron chi connectivity index (χ4n) is 6.33. The molecule has 0 amide bonds. The van der Waals surface area contributed by atoms with Crippen LogP contribution in [0.2, 0.25) is 0 Å². The molecule has 5 aromatic rings. The van der Waals surface area contributed by atoms with Crippen LogP contribution in [0.4, 0.5) is 10.2 Å². The minimum Gasteiger partial charge on any atom is -0.489 e. The molecule has 214 valence electrons. The maximum absolute atomic E-state index is 14.0. The quantitative estimate of drug-likeness (QED) is 0.223. The highest BCUT2D eigenvalue weighted by Gasteiger charge is 2.43. The molecule has 0 fully saturated rings. The third kappa shape index (κ3) is 5.14. The molecule has 5 nitrogen and oxygen atoms in total. The van der Waals surface area contributed by atoms with Gasteiger partial charge in [0.25, 0.3) is 0 Å². The number of benzene rings is 4. The Morgan fingerprint density at radius 2 is 1.63 bits per heavy atom. The lowest BCUT2D eigenvalue weighted by Gasteiger charge is -2.39. The Balaban J connectivity index is 1.42. The van der Waals surface area contributed by atoms with E-state index in [0.717, 1.165) is 62.9 Å². The summed E-state index contributed by atoms with van der Waals surface area (Å²) in [4.78, 5) is 14.0. The number of carbonyl (C=O) groups excluding carboxylic acids is 1. The van der Waals surface area contributed by atoms with Gasteiger partial charge in [0.05, 0.1) is 11.4 Å². The van der Waals surface area contributed by atoms with E-state index in [1.165, 1.54) is 12.1 Å². The molecule has 2 aliphatic rings. The number of ether oxygens (including phenoxy) is 1. The second-order valence-corrected chi connectivity index (χ2v) is 12.1. The molecule has 0 saturated carbocycles. The van der Waals surface area contributed by atoms with Gasteiger partial charge in [0.2, 0.25) is 0 Å². The topological polar surface area (TPSA) is 56.2 Å². The number of halogens is 1. The number of carbonyl (C=O) groups is 1. The molecule has 2 heterocycles. The number of fused-ring (bicyclic) bond motifs is 1. The Hall–Kier alpha value is -4.97. The van der Waals surface area contributed by atoms with Gasteiger partial charge in [0, 0.05) is 34.7 Å². The minimum atomic E-state index is -0.362. The first-order valence-electron chi connectivity index (χ1n) is 14.6. The standard InChI is InChI=1S/C37H32FN3O2/c1-37(2)21-30-33(31(42)22-37)32(26-14-9-15-29(20-26)43-23-24-10-5-3-6-11-24)34-35(25-12-7-4-8-13-25)40-41(36(34)39-30)28-18-16-27(38)17-19-28/h3-20,32,39H,21-23H2,1-2H3. The number of allylic oxidation sites excluding steroid dienone is 2. The molecule has 0 spiro atoms. The van der Waals surface area contributed by atoms with Gasteiger partial charge in [-0.05, 0) is 59.4 Å². The first-order valence-corrected chi connectivity index (χ1v) is 14.6. The number of nitrogens with one attached hydrogen (secondary N) is 1. The Bertz CT molecular complexity index is 1840. The number of nitrogens with zero attached hydrogens (tertiary/aromatic N) is 2. The van der Waals surface area contributed by atoms with Crippen molar-refractivity contribution in [2.45, 2.75) is 39.2 Å². The van der Waals surface area contributed by atoms with E-state index < -0.39 is 0 Å². The molecule has 1 aliphatic carbocycles. The van der Waals surface area contributed by atoms with E-state index in [0.29, 0.717) is 13.0 Å². The van der Waals surface area contributed by atoms with Crippen molar-refractivity contribution >= 4 is 11.6 Å². The zero-order chi connectivity index (χ0) is 29.6. The van der Waals surface area contributed by atoms with Crippen LogP contribution < -0.4 is 10.1 Å². The molecular formula is C37H32FN3O2. The van der Waals surface area contributed by atoms with Crippen LogP contribution in [0.3, 0.4) is 0 Å². The van der Waals surface area contributed by atoms with Crippen LogP contribution in [0.15, 0.2) is 120 Å². The first-order chi connectivity index (χ1) is 20.9. The van der Waals surface area contributed by atoms with Gasteiger partial charge in [-0.15, -0.1) is 0 Å². The van der Waals surface area contributed by atoms with Crippen molar-refractivity contribution in [1.82, 2.24) is 9.78 Å². The molecule has 43 heavy (non-hydrogen) atoms. The van der Waals surface area contributed by atoms with Gasteiger partial charge in [0.1, 0.15) is 24.0 Å². The highest BCUT2D eigenvalue weighted by atomic mass is 19.1. The summed E-state index contributed by atoms with van der Waals surface area (Å²) in [5, 5.41) is 8.77. The molecule has 1 unspecified atom stereocenters. The van der Waals surface area contributed by atoms with Gasteiger partial charge >= 0.3 is 0 Å². The number of hydrogen-bond acceptors (Lipinski definition) is 4. The molecule has 1 N–H and O–H groups in total. The van der Waals surface area contributed by atoms with Gasteiger partial charge < -0.3 is 10.1 Å². The van der Waals surface area contributed by atoms with E-state index >= 15 is 0 Å². The predicted molar refractivity (Wildman–Crippen MR) is 167 cm³/mol. The zero-order valence-corrected chi connectivity index (χ0v) is 24.2. The summed E-state index contributed by atoms with van der Waals surface area (Å²) in [7, 11) is 0. The number of hydrogen-bond donors (Lipinski definition) is 1. The van der Waals surface area contributed by atoms with Gasteiger partial charge in [-0.25, -0.2) is 9.07 Å². The van der Waals surface area contributed by atoms with E-state index in [-0.39, 0.29) is 22.9 Å². The van der Waals surface area contributed by atoms with Gasteiger partial charge in [0.15, 0.2) is 5.78 Å². The lowest BCUT2D eigenvalue weighted by atomic mass is 9.69. The maximum Gasteiger partial charge on any atom is 0.162 e. The largest absolute Gasteiger partial charge is 0.489 e. The van der Waals surface area contributed by atoms with Crippen LogP contribution in [0.1, 0.15) is 49.3 Å². The monoisotopic (exact) mass is 569 g/mol. The molecule has 0 saturated heterocycles. The zero-order valence-electron chi connectivity index (χ0n) is 24.2. The molecule has 0 radical (unpaired) electrons. The van der Waals surface area contributed by atoms with Crippen LogP contribution >= 0.6 is 0 Å². The third-order valence-electron chi connectivity index (χ3n) is 8.25. The number of ketones is 1. The van der Waals surface area contributed by atoms with E-state index in [1.54, 1.807) is 12.1 Å². The van der Waals surface area contributed by atoms with Crippen LogP contribution in [0.5, 0.6) is 5.75 Å². The Morgan fingerprint density at radius 3 is 2.37 bits per heavy atom. The summed E-state index contributed by atoms with van der Waals surface area (Å²) in [6.45, 7) is 4.71. The summed E-state index contributed by atoms with van der Waals surface area (Å²) in [6, 6.07) is 34.5. The Morgan fingerprint density at radius 1 is 0.907 bits per heavy atom. The second-order valence-electron chi connectivity index (χ2n) is 12.1. The average Bonchev–Trinajstić information content (AvgIpc) is 3.39. The SMILES string of the molecule is CC1(C)CC(=O)C2=C(C1)Nc1c(c(-c3ccccc3)nn1-c1ccc(F)cc1)C2c1cccc(OCc2ccccc2)c1. The van der Waals surface area contributed by atoms with E-state index in [2.05, 4.69) is 25.2 Å². The van der Waals surface area contributed by atoms with Crippen molar-refractivity contribution in [2.75, 3.05) is 5.32 Å². The second kappa shape index (κ2) is 10.7. The summed E-state index contributed by atoms with van der Waals surface area (Å²) in [6.07, 6.45) is 1.19. The molecule has 0 bridgehead atoms. The van der Waals surface area contributed by atoms with Crippen molar-refractivity contribution < 1.29 is 13.9 Å². The van der Waals surface area contributed by atoms with Crippen molar-refractivity contribution in [2.24, 2.45) is 5.41 Å². The summed E-state index contributed by atoms with van der Waals surface area (Å²) >= 11 is 0. The highest BCUT2D eigenvalue weighted by molar-refractivity contribution is 6.02. The van der Waals surface area contributed by atoms with Crippen LogP contribution in [0, 0.1) is 11.2 Å². The normalized spacial score (nSPS) is 17.2. The number of anilines is 1. The molecule has 1 atom stereocenters. The van der Waals surface area contributed by atoms with Gasteiger partial charge in [-0.2, -0.15) is 5.10 Å². The van der Waals surface area contributed by atoms with Crippen molar-refractivity contribution in [3.8, 4) is 22.7 Å². The van der Waals surface area contributed by atoms with Gasteiger partial charge in [-0.3, -0.25) is 4.79 Å². The highest BCUT2D eigenvalue weighted by Crippen LogP contribution is 2.52. The molecule has 6 heteroatoms. The van der Waals surface area contributed by atoms with Crippen molar-refractivity contribution in [3.63, 3.8) is 0 Å². The van der Waals surface area contributed by atoms with Crippen LogP contribution in [0.25, 0.3) is 16.9 Å². The predicted octanol–water partition coefficient (Wildman–Crippen LogP) is 8.46. The lowest BCUT2D eigenvalue weighted by Crippen LogP contribution is -2.34. The Kier molecular flexibility index (Phi) is 6.69. The average molecular weight is 570 g/mol.